The highest BCUT2D eigenvalue weighted by Crippen LogP contribution is 2.43. The Morgan fingerprint density at radius 2 is 1.73 bits per heavy atom. The molecular formula is C25H21ClF4N4O3. The number of carbonyl (C=O) groups is 2. The average Bonchev–Trinajstić information content (AvgIpc) is 3.41. The number of ether oxygens (including phenoxy) is 1. The van der Waals surface area contributed by atoms with Gasteiger partial charge in [0.25, 0.3) is 5.91 Å². The summed E-state index contributed by atoms with van der Waals surface area (Å²) < 4.78 is 63.7. The summed E-state index contributed by atoms with van der Waals surface area (Å²) in [5.74, 6) is -1.74. The number of aromatic nitrogens is 2. The maximum atomic E-state index is 14.4. The van der Waals surface area contributed by atoms with Crippen LogP contribution in [-0.2, 0) is 17.5 Å². The van der Waals surface area contributed by atoms with E-state index in [1.54, 1.807) is 6.07 Å². The Kier molecular flexibility index (Phi) is 6.35. The molecule has 1 saturated heterocycles. The van der Waals surface area contributed by atoms with Crippen molar-refractivity contribution in [3.05, 3.63) is 82.4 Å². The molecule has 2 aliphatic rings. The van der Waals surface area contributed by atoms with Crippen molar-refractivity contribution in [2.24, 2.45) is 0 Å². The van der Waals surface area contributed by atoms with Gasteiger partial charge in [-0.25, -0.2) is 23.9 Å². The second-order valence-corrected chi connectivity index (χ2v) is 9.37. The molecule has 1 spiro atoms. The van der Waals surface area contributed by atoms with Gasteiger partial charge in [-0.1, -0.05) is 36.2 Å². The van der Waals surface area contributed by atoms with Crippen LogP contribution in [0.3, 0.4) is 0 Å². The summed E-state index contributed by atoms with van der Waals surface area (Å²) in [5, 5.41) is 5.98. The van der Waals surface area contributed by atoms with Gasteiger partial charge >= 0.3 is 12.3 Å². The number of hydrazine groups is 1. The van der Waals surface area contributed by atoms with Crippen LogP contribution >= 0.6 is 11.6 Å². The molecular weight excluding hydrogens is 516 g/mol. The van der Waals surface area contributed by atoms with Crippen LogP contribution in [-0.4, -0.2) is 37.5 Å². The molecule has 194 valence electrons. The van der Waals surface area contributed by atoms with Crippen LogP contribution in [0.1, 0.15) is 53.7 Å². The average molecular weight is 537 g/mol. The van der Waals surface area contributed by atoms with E-state index in [-0.39, 0.29) is 24.1 Å². The van der Waals surface area contributed by atoms with Crippen LogP contribution < -0.4 is 0 Å². The summed E-state index contributed by atoms with van der Waals surface area (Å²) in [6, 6.07) is 11.1. The highest BCUT2D eigenvalue weighted by molar-refractivity contribution is 6.30. The fraction of sp³-hybridized carbons (Fsp3) is 0.320. The molecule has 37 heavy (non-hydrogen) atoms. The smallest absolute Gasteiger partial charge is 0.419 e. The minimum absolute atomic E-state index is 0.0418. The normalized spacial score (nSPS) is 17.4. The van der Waals surface area contributed by atoms with Crippen molar-refractivity contribution >= 4 is 23.6 Å². The number of carbonyl (C=O) groups excluding carboxylic acids is 2. The molecule has 5 rings (SSSR count). The van der Waals surface area contributed by atoms with Crippen LogP contribution in [0.2, 0.25) is 5.02 Å². The van der Waals surface area contributed by atoms with E-state index in [1.165, 1.54) is 42.5 Å². The summed E-state index contributed by atoms with van der Waals surface area (Å²) in [6.45, 7) is -0.397. The first-order valence-corrected chi connectivity index (χ1v) is 12.0. The third-order valence-electron chi connectivity index (χ3n) is 6.56. The topological polar surface area (TPSA) is 67.7 Å². The zero-order chi connectivity index (χ0) is 26.4. The highest BCUT2D eigenvalue weighted by Gasteiger charge is 2.56. The van der Waals surface area contributed by atoms with Gasteiger partial charge in [0.15, 0.2) is 5.69 Å². The third kappa shape index (κ3) is 4.52. The predicted octanol–water partition coefficient (Wildman–Crippen LogP) is 6.35. The molecule has 2 amide bonds. The van der Waals surface area contributed by atoms with Crippen molar-refractivity contribution in [1.82, 2.24) is 19.8 Å². The molecule has 2 aromatic carbocycles. The lowest BCUT2D eigenvalue weighted by atomic mass is 9.90. The van der Waals surface area contributed by atoms with Crippen molar-refractivity contribution in [1.29, 1.82) is 0 Å². The van der Waals surface area contributed by atoms with Crippen LogP contribution in [0.4, 0.5) is 22.4 Å². The Morgan fingerprint density at radius 3 is 2.38 bits per heavy atom. The molecule has 1 aromatic heterocycles. The lowest BCUT2D eigenvalue weighted by molar-refractivity contribution is -0.144. The first-order chi connectivity index (χ1) is 17.6. The first kappa shape index (κ1) is 25.1. The van der Waals surface area contributed by atoms with E-state index >= 15 is 0 Å². The van der Waals surface area contributed by atoms with Gasteiger partial charge in [-0.3, -0.25) is 4.79 Å². The number of amides is 2. The van der Waals surface area contributed by atoms with Crippen molar-refractivity contribution in [3.63, 3.8) is 0 Å². The molecule has 12 heteroatoms. The monoisotopic (exact) mass is 536 g/mol. The molecule has 3 aromatic rings. The zero-order valence-corrected chi connectivity index (χ0v) is 20.1. The van der Waals surface area contributed by atoms with Gasteiger partial charge in [-0.05, 0) is 43.2 Å². The standard InChI is InChI=1S/C25H21ClF4N4O3/c26-17-8-10-18(11-9-17)33-21(25(28,29)30)19(14-31-33)22(35)34-24(12-4-1-5-13-24)37-23(36)32(34)15-16-6-2-3-7-20(16)27/h2-3,6-11,14H,1,4-5,12-13,15H2. The zero-order valence-electron chi connectivity index (χ0n) is 19.3. The molecule has 2 fully saturated rings. The maximum absolute atomic E-state index is 14.4. The number of hydrogen-bond acceptors (Lipinski definition) is 4. The van der Waals surface area contributed by atoms with Crippen LogP contribution in [0.15, 0.2) is 54.7 Å². The van der Waals surface area contributed by atoms with Crippen LogP contribution in [0, 0.1) is 5.82 Å². The Balaban J connectivity index is 1.61. The molecule has 1 aliphatic carbocycles. The van der Waals surface area contributed by atoms with Crippen molar-refractivity contribution in [2.75, 3.05) is 0 Å². The maximum Gasteiger partial charge on any atom is 0.434 e. The molecule has 0 N–H and O–H groups in total. The largest absolute Gasteiger partial charge is 0.434 e. The van der Waals surface area contributed by atoms with Gasteiger partial charge in [0.2, 0.25) is 5.72 Å². The Morgan fingerprint density at radius 1 is 1.05 bits per heavy atom. The number of rotatable bonds is 4. The fourth-order valence-electron chi connectivity index (χ4n) is 4.87. The Bertz CT molecular complexity index is 1340. The molecule has 0 atom stereocenters. The number of hydrogen-bond donors (Lipinski definition) is 0. The van der Waals surface area contributed by atoms with E-state index in [9.17, 15) is 27.2 Å². The minimum atomic E-state index is -4.97. The van der Waals surface area contributed by atoms with Gasteiger partial charge in [0, 0.05) is 23.4 Å². The summed E-state index contributed by atoms with van der Waals surface area (Å²) in [7, 11) is 0. The van der Waals surface area contributed by atoms with Crippen LogP contribution in [0.25, 0.3) is 5.69 Å². The summed E-state index contributed by atoms with van der Waals surface area (Å²) >= 11 is 5.87. The van der Waals surface area contributed by atoms with E-state index < -0.39 is 47.5 Å². The van der Waals surface area contributed by atoms with E-state index in [2.05, 4.69) is 5.10 Å². The van der Waals surface area contributed by atoms with Gasteiger partial charge in [-0.15, -0.1) is 0 Å². The second-order valence-electron chi connectivity index (χ2n) is 8.93. The van der Waals surface area contributed by atoms with Crippen LogP contribution in [0.5, 0.6) is 0 Å². The molecule has 7 nitrogen and oxygen atoms in total. The van der Waals surface area contributed by atoms with E-state index in [0.29, 0.717) is 22.5 Å². The molecule has 0 radical (unpaired) electrons. The fourth-order valence-corrected chi connectivity index (χ4v) is 4.99. The van der Waals surface area contributed by atoms with Crippen molar-refractivity contribution < 1.29 is 31.9 Å². The van der Waals surface area contributed by atoms with E-state index in [4.69, 9.17) is 16.3 Å². The summed E-state index contributed by atoms with van der Waals surface area (Å²) in [5.41, 5.74) is -3.42. The summed E-state index contributed by atoms with van der Waals surface area (Å²) in [6.07, 6.45) is -2.59. The summed E-state index contributed by atoms with van der Waals surface area (Å²) in [4.78, 5) is 26.9. The molecule has 0 unspecified atom stereocenters. The van der Waals surface area contributed by atoms with E-state index in [0.717, 1.165) is 22.6 Å². The Labute approximate surface area is 214 Å². The third-order valence-corrected chi connectivity index (χ3v) is 6.81. The number of benzene rings is 2. The molecule has 2 heterocycles. The van der Waals surface area contributed by atoms with Gasteiger partial charge in [0.1, 0.15) is 5.82 Å². The second kappa shape index (κ2) is 9.37. The van der Waals surface area contributed by atoms with Gasteiger partial charge in [-0.2, -0.15) is 18.3 Å². The van der Waals surface area contributed by atoms with E-state index in [1.807, 2.05) is 0 Å². The van der Waals surface area contributed by atoms with Gasteiger partial charge < -0.3 is 4.74 Å². The number of nitrogens with zero attached hydrogens (tertiary/aromatic N) is 4. The quantitative estimate of drug-likeness (QED) is 0.364. The Hall–Kier alpha value is -3.60. The number of alkyl halides is 3. The molecule has 1 aliphatic heterocycles. The minimum Gasteiger partial charge on any atom is -0.419 e. The SMILES string of the molecule is O=C1OC2(CCCCC2)N(C(=O)c2cnn(-c3ccc(Cl)cc3)c2C(F)(F)F)N1Cc1ccccc1F. The van der Waals surface area contributed by atoms with Crippen molar-refractivity contribution in [2.45, 2.75) is 50.6 Å². The lowest BCUT2D eigenvalue weighted by Gasteiger charge is -2.40. The lowest BCUT2D eigenvalue weighted by Crippen LogP contribution is -2.54. The predicted molar refractivity (Wildman–Crippen MR) is 124 cm³/mol. The molecule has 0 bridgehead atoms. The number of halogens is 5. The van der Waals surface area contributed by atoms with Gasteiger partial charge in [0.05, 0.1) is 24.0 Å². The highest BCUT2D eigenvalue weighted by atomic mass is 35.5. The first-order valence-electron chi connectivity index (χ1n) is 11.6. The molecule has 1 saturated carbocycles. The van der Waals surface area contributed by atoms with Crippen molar-refractivity contribution in [3.8, 4) is 5.69 Å².